The number of hydrogen-bond donors (Lipinski definition) is 0. The fourth-order valence-electron chi connectivity index (χ4n) is 4.34. The van der Waals surface area contributed by atoms with Crippen molar-refractivity contribution in [1.82, 2.24) is 9.80 Å². The Bertz CT molecular complexity index is 827. The molecule has 2 aliphatic heterocycles. The van der Waals surface area contributed by atoms with Crippen LogP contribution in [0.15, 0.2) is 36.4 Å². The summed E-state index contributed by atoms with van der Waals surface area (Å²) in [7, 11) is 0. The Kier molecular flexibility index (Phi) is 7.09. The van der Waals surface area contributed by atoms with Gasteiger partial charge >= 0.3 is 0 Å². The molecule has 0 N–H and O–H groups in total. The predicted molar refractivity (Wildman–Crippen MR) is 122 cm³/mol. The number of rotatable bonds is 6. The minimum Gasteiger partial charge on any atom is -0.494 e. The zero-order valence-electron chi connectivity index (χ0n) is 17.1. The Balaban J connectivity index is 1.32. The van der Waals surface area contributed by atoms with Crippen LogP contribution in [0, 0.1) is 0 Å². The fourth-order valence-corrected chi connectivity index (χ4v) is 4.75. The Morgan fingerprint density at radius 3 is 2.48 bits per heavy atom. The van der Waals surface area contributed by atoms with Gasteiger partial charge in [-0.3, -0.25) is 4.79 Å². The molecule has 2 aromatic carbocycles. The summed E-state index contributed by atoms with van der Waals surface area (Å²) in [5.74, 6) is 1.05. The van der Waals surface area contributed by atoms with Crippen LogP contribution < -0.4 is 4.74 Å². The zero-order valence-corrected chi connectivity index (χ0v) is 18.7. The number of carbonyl (C=O) groups excluding carboxylic acids is 1. The van der Waals surface area contributed by atoms with Crippen LogP contribution >= 0.6 is 15.9 Å². The number of amides is 1. The first-order valence-electron chi connectivity index (χ1n) is 11.0. The Morgan fingerprint density at radius 2 is 1.69 bits per heavy atom. The van der Waals surface area contributed by atoms with E-state index in [2.05, 4.69) is 33.0 Å². The summed E-state index contributed by atoms with van der Waals surface area (Å²) < 4.78 is 5.98. The van der Waals surface area contributed by atoms with Crippen molar-refractivity contribution in [2.75, 3.05) is 39.3 Å². The van der Waals surface area contributed by atoms with E-state index in [-0.39, 0.29) is 5.91 Å². The largest absolute Gasteiger partial charge is 0.494 e. The Labute approximate surface area is 182 Å². The van der Waals surface area contributed by atoms with Crippen LogP contribution in [-0.4, -0.2) is 59.9 Å². The van der Waals surface area contributed by atoms with Gasteiger partial charge in [-0.25, -0.2) is 0 Å². The highest BCUT2D eigenvalue weighted by atomic mass is 79.9. The monoisotopic (exact) mass is 458 g/mol. The second-order valence-electron chi connectivity index (χ2n) is 8.29. The molecule has 29 heavy (non-hydrogen) atoms. The number of nitrogens with zero attached hydrogens (tertiary/aromatic N) is 2. The molecule has 0 aliphatic carbocycles. The molecule has 4 rings (SSSR count). The normalized spacial score (nSPS) is 18.9. The molecule has 0 saturated carbocycles. The molecular weight excluding hydrogens is 428 g/mol. The van der Waals surface area contributed by atoms with Gasteiger partial charge in [-0.2, -0.15) is 0 Å². The summed E-state index contributed by atoms with van der Waals surface area (Å²) in [6.45, 7) is 6.03. The maximum Gasteiger partial charge on any atom is 0.253 e. The molecule has 2 aromatic rings. The highest BCUT2D eigenvalue weighted by Crippen LogP contribution is 2.24. The maximum atomic E-state index is 12.8. The third kappa shape index (κ3) is 5.52. The Hall–Kier alpha value is -1.59. The third-order valence-corrected chi connectivity index (χ3v) is 7.02. The van der Waals surface area contributed by atoms with E-state index in [4.69, 9.17) is 4.74 Å². The number of alkyl halides is 1. The summed E-state index contributed by atoms with van der Waals surface area (Å²) in [6.07, 6.45) is 7.18. The van der Waals surface area contributed by atoms with Gasteiger partial charge in [0.15, 0.2) is 0 Å². The van der Waals surface area contributed by atoms with E-state index in [1.165, 1.54) is 32.4 Å². The van der Waals surface area contributed by atoms with Gasteiger partial charge < -0.3 is 14.5 Å². The van der Waals surface area contributed by atoms with Gasteiger partial charge in [0.1, 0.15) is 5.75 Å². The van der Waals surface area contributed by atoms with E-state index < -0.39 is 0 Å². The summed E-state index contributed by atoms with van der Waals surface area (Å²) in [5.41, 5.74) is 0.778. The molecule has 0 radical (unpaired) electrons. The molecule has 0 atom stereocenters. The van der Waals surface area contributed by atoms with E-state index in [0.29, 0.717) is 4.83 Å². The van der Waals surface area contributed by atoms with Crippen molar-refractivity contribution < 1.29 is 9.53 Å². The molecule has 0 aromatic heterocycles. The number of piperidine rings is 2. The molecule has 5 heteroatoms. The first kappa shape index (κ1) is 20.7. The van der Waals surface area contributed by atoms with Crippen molar-refractivity contribution in [2.24, 2.45) is 0 Å². The molecule has 0 spiro atoms. The number of carbonyl (C=O) groups is 1. The van der Waals surface area contributed by atoms with E-state index in [0.717, 1.165) is 67.6 Å². The minimum absolute atomic E-state index is 0.143. The standard InChI is InChI=1S/C24H31BrN2O2/c25-22-9-14-27(15-10-22)24(28)21-6-5-20-18-23(8-7-19(20)17-21)29-16-4-13-26-11-2-1-3-12-26/h5-8,17-18,22H,1-4,9-16H2. The third-order valence-electron chi connectivity index (χ3n) is 6.11. The molecule has 2 heterocycles. The van der Waals surface area contributed by atoms with E-state index in [9.17, 15) is 4.79 Å². The minimum atomic E-state index is 0.143. The lowest BCUT2D eigenvalue weighted by molar-refractivity contribution is 0.0728. The predicted octanol–water partition coefficient (Wildman–Crippen LogP) is 5.09. The van der Waals surface area contributed by atoms with Crippen LogP contribution in [0.1, 0.15) is 48.9 Å². The summed E-state index contributed by atoms with van der Waals surface area (Å²) in [5, 5.41) is 2.21. The average Bonchev–Trinajstić information content (AvgIpc) is 2.77. The summed E-state index contributed by atoms with van der Waals surface area (Å²) in [6, 6.07) is 12.2. The lowest BCUT2D eigenvalue weighted by Gasteiger charge is -2.29. The second-order valence-corrected chi connectivity index (χ2v) is 9.59. The van der Waals surface area contributed by atoms with Crippen molar-refractivity contribution in [3.8, 4) is 5.75 Å². The second kappa shape index (κ2) is 9.94. The summed E-state index contributed by atoms with van der Waals surface area (Å²) in [4.78, 5) is 17.9. The van der Waals surface area contributed by atoms with Gasteiger partial charge in [0.2, 0.25) is 0 Å². The van der Waals surface area contributed by atoms with E-state index in [1.54, 1.807) is 0 Å². The van der Waals surface area contributed by atoms with E-state index in [1.807, 2.05) is 29.2 Å². The number of fused-ring (bicyclic) bond motifs is 1. The quantitative estimate of drug-likeness (QED) is 0.446. The van der Waals surface area contributed by atoms with Crippen molar-refractivity contribution in [1.29, 1.82) is 0 Å². The van der Waals surface area contributed by atoms with Crippen LogP contribution in [0.3, 0.4) is 0 Å². The van der Waals surface area contributed by atoms with Gasteiger partial charge in [0.05, 0.1) is 6.61 Å². The SMILES string of the molecule is O=C(c1ccc2cc(OCCCN3CCCCC3)ccc2c1)N1CCC(Br)CC1. The molecule has 0 bridgehead atoms. The van der Waals surface area contributed by atoms with Gasteiger partial charge in [-0.15, -0.1) is 0 Å². The number of ether oxygens (including phenoxy) is 1. The summed E-state index contributed by atoms with van der Waals surface area (Å²) >= 11 is 3.65. The first-order chi connectivity index (χ1) is 14.2. The molecule has 156 valence electrons. The topological polar surface area (TPSA) is 32.8 Å². The first-order valence-corrected chi connectivity index (χ1v) is 11.9. The molecular formula is C24H31BrN2O2. The number of benzene rings is 2. The Morgan fingerprint density at radius 1 is 0.966 bits per heavy atom. The van der Waals surface area contributed by atoms with Crippen LogP contribution in [-0.2, 0) is 0 Å². The van der Waals surface area contributed by atoms with Crippen molar-refractivity contribution in [3.05, 3.63) is 42.0 Å². The maximum absolute atomic E-state index is 12.8. The van der Waals surface area contributed by atoms with Crippen LogP contribution in [0.2, 0.25) is 0 Å². The fraction of sp³-hybridized carbons (Fsp3) is 0.542. The molecule has 0 unspecified atom stereocenters. The highest BCUT2D eigenvalue weighted by Gasteiger charge is 2.22. The van der Waals surface area contributed by atoms with Crippen LogP contribution in [0.5, 0.6) is 5.75 Å². The van der Waals surface area contributed by atoms with Crippen molar-refractivity contribution >= 4 is 32.6 Å². The highest BCUT2D eigenvalue weighted by molar-refractivity contribution is 9.09. The number of hydrogen-bond acceptors (Lipinski definition) is 3. The van der Waals surface area contributed by atoms with Gasteiger partial charge in [0, 0.05) is 30.0 Å². The molecule has 1 amide bonds. The number of halogens is 1. The lowest BCUT2D eigenvalue weighted by atomic mass is 10.0. The van der Waals surface area contributed by atoms with Crippen molar-refractivity contribution in [3.63, 3.8) is 0 Å². The smallest absolute Gasteiger partial charge is 0.253 e. The molecule has 2 saturated heterocycles. The molecule has 2 aliphatic rings. The van der Waals surface area contributed by atoms with Gasteiger partial charge in [0.25, 0.3) is 5.91 Å². The number of likely N-dealkylation sites (tertiary alicyclic amines) is 2. The zero-order chi connectivity index (χ0) is 20.1. The molecule has 4 nitrogen and oxygen atoms in total. The van der Waals surface area contributed by atoms with Crippen LogP contribution in [0.25, 0.3) is 10.8 Å². The average molecular weight is 459 g/mol. The van der Waals surface area contributed by atoms with Crippen molar-refractivity contribution in [2.45, 2.75) is 43.4 Å². The molecule has 2 fully saturated rings. The van der Waals surface area contributed by atoms with E-state index >= 15 is 0 Å². The van der Waals surface area contributed by atoms with Gasteiger partial charge in [-0.1, -0.05) is 34.5 Å². The van der Waals surface area contributed by atoms with Crippen LogP contribution in [0.4, 0.5) is 0 Å². The lowest BCUT2D eigenvalue weighted by Crippen LogP contribution is -2.38. The van der Waals surface area contributed by atoms with Gasteiger partial charge in [-0.05, 0) is 80.2 Å².